The van der Waals surface area contributed by atoms with Crippen molar-refractivity contribution in [1.29, 1.82) is 0 Å². The van der Waals surface area contributed by atoms with E-state index in [1.54, 1.807) is 0 Å². The van der Waals surface area contributed by atoms with Gasteiger partial charge >= 0.3 is 0 Å². The van der Waals surface area contributed by atoms with Crippen LogP contribution in [0, 0.1) is 11.6 Å². The molecular formula is C11H12F2N2O2. The molecule has 0 unspecified atom stereocenters. The van der Waals surface area contributed by atoms with Gasteiger partial charge in [-0.3, -0.25) is 9.59 Å². The van der Waals surface area contributed by atoms with Crippen LogP contribution >= 0.6 is 0 Å². The maximum Gasteiger partial charge on any atom is 0.224 e. The minimum Gasteiger partial charge on any atom is -0.370 e. The Morgan fingerprint density at radius 2 is 1.94 bits per heavy atom. The van der Waals surface area contributed by atoms with Gasteiger partial charge in [0.15, 0.2) is 0 Å². The highest BCUT2D eigenvalue weighted by Gasteiger charge is 2.08. The molecule has 0 heterocycles. The fraction of sp³-hybridized carbons (Fsp3) is 0.273. The zero-order chi connectivity index (χ0) is 12.8. The van der Waals surface area contributed by atoms with Crippen molar-refractivity contribution < 1.29 is 18.4 Å². The summed E-state index contributed by atoms with van der Waals surface area (Å²) in [6.07, 6.45) is 0.447. The van der Waals surface area contributed by atoms with Gasteiger partial charge in [0, 0.05) is 18.9 Å². The van der Waals surface area contributed by atoms with E-state index in [-0.39, 0.29) is 18.5 Å². The third kappa shape index (κ3) is 4.58. The van der Waals surface area contributed by atoms with Crippen LogP contribution in [0.2, 0.25) is 0 Å². The first-order chi connectivity index (χ1) is 7.99. The zero-order valence-corrected chi connectivity index (χ0v) is 9.00. The first kappa shape index (κ1) is 13.1. The van der Waals surface area contributed by atoms with Gasteiger partial charge in [-0.25, -0.2) is 8.78 Å². The summed E-state index contributed by atoms with van der Waals surface area (Å²) in [5, 5.41) is 2.28. The molecule has 1 aromatic rings. The second-order valence-corrected chi connectivity index (χ2v) is 3.49. The van der Waals surface area contributed by atoms with Crippen LogP contribution in [0.5, 0.6) is 0 Å². The van der Waals surface area contributed by atoms with Crippen molar-refractivity contribution in [2.75, 3.05) is 5.32 Å². The van der Waals surface area contributed by atoms with E-state index in [1.165, 1.54) is 0 Å². The predicted octanol–water partition coefficient (Wildman–Crippen LogP) is 1.56. The van der Waals surface area contributed by atoms with Crippen molar-refractivity contribution in [3.05, 3.63) is 29.8 Å². The molecule has 0 fully saturated rings. The predicted molar refractivity (Wildman–Crippen MR) is 58.0 cm³/mol. The van der Waals surface area contributed by atoms with Crippen LogP contribution in [0.25, 0.3) is 0 Å². The molecule has 92 valence electrons. The molecule has 0 aromatic heterocycles. The second-order valence-electron chi connectivity index (χ2n) is 3.49. The molecule has 4 nitrogen and oxygen atoms in total. The van der Waals surface area contributed by atoms with E-state index >= 15 is 0 Å². The van der Waals surface area contributed by atoms with Crippen LogP contribution in [-0.4, -0.2) is 11.8 Å². The van der Waals surface area contributed by atoms with E-state index in [2.05, 4.69) is 5.32 Å². The summed E-state index contributed by atoms with van der Waals surface area (Å²) >= 11 is 0. The third-order valence-corrected chi connectivity index (χ3v) is 2.03. The standard InChI is InChI=1S/C11H12F2N2O2/c12-7-4-5-9(8(13)6-7)15-11(17)3-1-2-10(14)16/h4-6H,1-3H2,(H2,14,16)(H,15,17). The van der Waals surface area contributed by atoms with Crippen LogP contribution in [0.3, 0.4) is 0 Å². The Labute approximate surface area is 96.8 Å². The number of benzene rings is 1. The summed E-state index contributed by atoms with van der Waals surface area (Å²) in [5.41, 5.74) is 4.81. The van der Waals surface area contributed by atoms with Gasteiger partial charge in [-0.15, -0.1) is 0 Å². The van der Waals surface area contributed by atoms with Crippen molar-refractivity contribution in [3.63, 3.8) is 0 Å². The monoisotopic (exact) mass is 242 g/mol. The molecule has 2 amide bonds. The molecule has 0 saturated carbocycles. The Hall–Kier alpha value is -1.98. The van der Waals surface area contributed by atoms with Crippen LogP contribution in [0.15, 0.2) is 18.2 Å². The number of hydrogen-bond acceptors (Lipinski definition) is 2. The number of carbonyl (C=O) groups excluding carboxylic acids is 2. The fourth-order valence-electron chi connectivity index (χ4n) is 1.23. The highest BCUT2D eigenvalue weighted by Crippen LogP contribution is 2.15. The fourth-order valence-corrected chi connectivity index (χ4v) is 1.23. The topological polar surface area (TPSA) is 72.2 Å². The van der Waals surface area contributed by atoms with Gasteiger partial charge in [0.25, 0.3) is 0 Å². The average molecular weight is 242 g/mol. The van der Waals surface area contributed by atoms with Gasteiger partial charge < -0.3 is 11.1 Å². The Morgan fingerprint density at radius 1 is 1.24 bits per heavy atom. The van der Waals surface area contributed by atoms with Crippen molar-refractivity contribution in [3.8, 4) is 0 Å². The maximum absolute atomic E-state index is 13.1. The Balaban J connectivity index is 2.48. The highest BCUT2D eigenvalue weighted by molar-refractivity contribution is 5.91. The maximum atomic E-state index is 13.1. The van der Waals surface area contributed by atoms with E-state index in [0.717, 1.165) is 12.1 Å². The number of nitrogens with one attached hydrogen (secondary N) is 1. The van der Waals surface area contributed by atoms with Crippen molar-refractivity contribution in [1.82, 2.24) is 0 Å². The molecule has 3 N–H and O–H groups in total. The second kappa shape index (κ2) is 5.93. The van der Waals surface area contributed by atoms with Crippen LogP contribution in [0.4, 0.5) is 14.5 Å². The lowest BCUT2D eigenvalue weighted by Crippen LogP contribution is -2.15. The lowest BCUT2D eigenvalue weighted by atomic mass is 10.2. The van der Waals surface area contributed by atoms with Gasteiger partial charge in [0.05, 0.1) is 5.69 Å². The average Bonchev–Trinajstić information content (AvgIpc) is 2.21. The van der Waals surface area contributed by atoms with E-state index in [0.29, 0.717) is 12.5 Å². The summed E-state index contributed by atoms with van der Waals surface area (Å²) < 4.78 is 25.7. The van der Waals surface area contributed by atoms with Gasteiger partial charge in [-0.05, 0) is 18.6 Å². The van der Waals surface area contributed by atoms with E-state index in [9.17, 15) is 18.4 Å². The number of rotatable bonds is 5. The number of primary amides is 1. The minimum atomic E-state index is -0.840. The van der Waals surface area contributed by atoms with Gasteiger partial charge in [0.1, 0.15) is 11.6 Å². The summed E-state index contributed by atoms with van der Waals surface area (Å²) in [4.78, 5) is 21.7. The van der Waals surface area contributed by atoms with Gasteiger partial charge in [-0.1, -0.05) is 0 Å². The molecular weight excluding hydrogens is 230 g/mol. The normalized spacial score (nSPS) is 10.0. The largest absolute Gasteiger partial charge is 0.370 e. The Kier molecular flexibility index (Phi) is 4.56. The van der Waals surface area contributed by atoms with Crippen molar-refractivity contribution in [2.24, 2.45) is 5.73 Å². The lowest BCUT2D eigenvalue weighted by molar-refractivity contribution is -0.118. The molecule has 0 aliphatic rings. The number of carbonyl (C=O) groups is 2. The molecule has 1 rings (SSSR count). The summed E-state index contributed by atoms with van der Waals surface area (Å²) in [7, 11) is 0. The lowest BCUT2D eigenvalue weighted by Gasteiger charge is -2.05. The summed E-state index contributed by atoms with van der Waals surface area (Å²) in [6, 6.07) is 2.86. The Morgan fingerprint density at radius 3 is 2.53 bits per heavy atom. The smallest absolute Gasteiger partial charge is 0.224 e. The molecule has 0 bridgehead atoms. The molecule has 0 saturated heterocycles. The van der Waals surface area contributed by atoms with E-state index in [4.69, 9.17) is 5.73 Å². The van der Waals surface area contributed by atoms with Crippen LogP contribution in [-0.2, 0) is 9.59 Å². The molecule has 17 heavy (non-hydrogen) atoms. The summed E-state index contributed by atoms with van der Waals surface area (Å²) in [6.45, 7) is 0. The quantitative estimate of drug-likeness (QED) is 0.822. The van der Waals surface area contributed by atoms with Crippen molar-refractivity contribution in [2.45, 2.75) is 19.3 Å². The molecule has 1 aromatic carbocycles. The molecule has 0 aliphatic carbocycles. The number of anilines is 1. The van der Waals surface area contributed by atoms with E-state index in [1.807, 2.05) is 0 Å². The molecule has 0 atom stereocenters. The van der Waals surface area contributed by atoms with Crippen LogP contribution < -0.4 is 11.1 Å². The van der Waals surface area contributed by atoms with Gasteiger partial charge in [-0.2, -0.15) is 0 Å². The number of halogens is 2. The van der Waals surface area contributed by atoms with Crippen LogP contribution in [0.1, 0.15) is 19.3 Å². The Bertz CT molecular complexity index is 435. The van der Waals surface area contributed by atoms with Crippen molar-refractivity contribution >= 4 is 17.5 Å². The SMILES string of the molecule is NC(=O)CCCC(=O)Nc1ccc(F)cc1F. The highest BCUT2D eigenvalue weighted by atomic mass is 19.1. The van der Waals surface area contributed by atoms with E-state index < -0.39 is 23.4 Å². The summed E-state index contributed by atoms with van der Waals surface area (Å²) in [5.74, 6) is -2.50. The molecule has 6 heteroatoms. The third-order valence-electron chi connectivity index (χ3n) is 2.03. The molecule has 0 radical (unpaired) electrons. The first-order valence-electron chi connectivity index (χ1n) is 5.02. The molecule has 0 aliphatic heterocycles. The number of hydrogen-bond donors (Lipinski definition) is 2. The zero-order valence-electron chi connectivity index (χ0n) is 9.00. The number of nitrogens with two attached hydrogens (primary N) is 1. The van der Waals surface area contributed by atoms with Gasteiger partial charge in [0.2, 0.25) is 11.8 Å². The minimum absolute atomic E-state index is 0.0553. The number of amides is 2. The molecule has 0 spiro atoms. The first-order valence-corrected chi connectivity index (χ1v) is 5.02.